The molecule has 0 aromatic heterocycles. The molecule has 0 radical (unpaired) electrons. The molecule has 1 fully saturated rings. The second-order valence-corrected chi connectivity index (χ2v) is 5.12. The fraction of sp³-hybridized carbons (Fsp3) is 0.333. The van der Waals surface area contributed by atoms with E-state index in [4.69, 9.17) is 16.3 Å². The van der Waals surface area contributed by atoms with E-state index in [1.165, 1.54) is 12.1 Å². The number of non-ortho nitro benzene ring substituents is 1. The molecule has 0 amide bonds. The van der Waals surface area contributed by atoms with Crippen molar-refractivity contribution in [2.45, 2.75) is 19.4 Å². The van der Waals surface area contributed by atoms with Crippen LogP contribution in [0.25, 0.3) is 5.03 Å². The van der Waals surface area contributed by atoms with E-state index in [0.717, 1.165) is 0 Å². The Morgan fingerprint density at radius 1 is 1.44 bits per heavy atom. The van der Waals surface area contributed by atoms with Crippen LogP contribution in [0.5, 0.6) is 0 Å². The van der Waals surface area contributed by atoms with Crippen molar-refractivity contribution >= 4 is 22.3 Å². The number of halogens is 1. The lowest BCUT2D eigenvalue weighted by Crippen LogP contribution is -2.34. The van der Waals surface area contributed by atoms with Crippen LogP contribution in [-0.4, -0.2) is 17.1 Å². The fourth-order valence-corrected chi connectivity index (χ4v) is 1.84. The smallest absolute Gasteiger partial charge is 0.269 e. The monoisotopic (exact) mass is 268 g/mol. The van der Waals surface area contributed by atoms with Crippen molar-refractivity contribution in [2.24, 2.45) is 0 Å². The van der Waals surface area contributed by atoms with Crippen molar-refractivity contribution in [1.29, 1.82) is 0 Å². The molecule has 5 nitrogen and oxygen atoms in total. The Balaban J connectivity index is 2.27. The Bertz CT molecular complexity index is 509. The first-order valence-corrected chi connectivity index (χ1v) is 5.82. The van der Waals surface area contributed by atoms with Crippen molar-refractivity contribution in [3.8, 4) is 0 Å². The summed E-state index contributed by atoms with van der Waals surface area (Å²) in [6.07, 6.45) is 0. The van der Waals surface area contributed by atoms with Gasteiger partial charge in [-0.15, -0.1) is 0 Å². The minimum Gasteiger partial charge on any atom is -0.476 e. The first-order chi connectivity index (χ1) is 8.39. The zero-order valence-electron chi connectivity index (χ0n) is 10.1. The molecule has 1 N–H and O–H groups in total. The lowest BCUT2D eigenvalue weighted by Gasteiger charge is -2.13. The maximum absolute atomic E-state index is 10.5. The molecule has 1 heterocycles. The Kier molecular flexibility index (Phi) is 3.17. The summed E-state index contributed by atoms with van der Waals surface area (Å²) in [6, 6.07) is 6.03. The van der Waals surface area contributed by atoms with Gasteiger partial charge in [0.15, 0.2) is 0 Å². The van der Waals surface area contributed by atoms with Gasteiger partial charge in [-0.25, -0.2) is 0 Å². The first kappa shape index (κ1) is 12.7. The summed E-state index contributed by atoms with van der Waals surface area (Å²) in [6.45, 7) is 4.53. The molecule has 1 aromatic carbocycles. The van der Waals surface area contributed by atoms with E-state index >= 15 is 0 Å². The van der Waals surface area contributed by atoms with Gasteiger partial charge >= 0.3 is 0 Å². The van der Waals surface area contributed by atoms with Gasteiger partial charge in [0.25, 0.3) is 5.69 Å². The maximum Gasteiger partial charge on any atom is 0.269 e. The molecular formula is C12H13ClN2O3. The van der Waals surface area contributed by atoms with Crippen molar-refractivity contribution in [3.05, 3.63) is 45.8 Å². The second kappa shape index (κ2) is 4.49. The van der Waals surface area contributed by atoms with Gasteiger partial charge < -0.3 is 10.1 Å². The van der Waals surface area contributed by atoms with Gasteiger partial charge in [-0.1, -0.05) is 11.6 Å². The quantitative estimate of drug-likeness (QED) is 0.662. The van der Waals surface area contributed by atoms with Crippen LogP contribution < -0.4 is 5.32 Å². The van der Waals surface area contributed by atoms with Crippen LogP contribution in [0.2, 0.25) is 0 Å². The van der Waals surface area contributed by atoms with E-state index in [-0.39, 0.29) is 11.2 Å². The van der Waals surface area contributed by atoms with Gasteiger partial charge in [0.2, 0.25) is 5.88 Å². The lowest BCUT2D eigenvalue weighted by atomic mass is 10.1. The average Bonchev–Trinajstić information content (AvgIpc) is 2.69. The second-order valence-electron chi connectivity index (χ2n) is 4.74. The minimum absolute atomic E-state index is 0.0360. The van der Waals surface area contributed by atoms with Crippen molar-refractivity contribution in [2.75, 3.05) is 6.61 Å². The van der Waals surface area contributed by atoms with E-state index in [1.807, 2.05) is 13.8 Å². The number of ether oxygens (including phenoxy) is 1. The molecule has 2 rings (SSSR count). The van der Waals surface area contributed by atoms with Gasteiger partial charge in [0.1, 0.15) is 11.6 Å². The summed E-state index contributed by atoms with van der Waals surface area (Å²) in [4.78, 5) is 10.1. The van der Waals surface area contributed by atoms with Crippen LogP contribution >= 0.6 is 11.6 Å². The lowest BCUT2D eigenvalue weighted by molar-refractivity contribution is -0.384. The first-order valence-electron chi connectivity index (χ1n) is 5.45. The third kappa shape index (κ3) is 2.56. The van der Waals surface area contributed by atoms with Gasteiger partial charge in [0, 0.05) is 12.1 Å². The third-order valence-electron chi connectivity index (χ3n) is 2.56. The van der Waals surface area contributed by atoms with Crippen LogP contribution in [0.4, 0.5) is 5.69 Å². The standard InChI is InChI=1S/C12H13ClN2O3/c1-12(2)7-18-11(14-12)10(13)8-3-5-9(6-4-8)15(16)17/h3-6,14H,7H2,1-2H3/b11-10-. The number of rotatable bonds is 2. The molecule has 96 valence electrons. The molecule has 1 aliphatic rings. The molecule has 6 heteroatoms. The summed E-state index contributed by atoms with van der Waals surface area (Å²) in [5.74, 6) is 0.510. The normalized spacial score (nSPS) is 19.9. The van der Waals surface area contributed by atoms with E-state index in [0.29, 0.717) is 23.1 Å². The number of nitrogens with zero attached hydrogens (tertiary/aromatic N) is 1. The molecule has 1 saturated heterocycles. The van der Waals surface area contributed by atoms with Crippen LogP contribution in [0.15, 0.2) is 30.1 Å². The average molecular weight is 269 g/mol. The van der Waals surface area contributed by atoms with Gasteiger partial charge in [-0.05, 0) is 31.5 Å². The highest BCUT2D eigenvalue weighted by atomic mass is 35.5. The molecule has 0 spiro atoms. The fourth-order valence-electron chi connectivity index (χ4n) is 1.61. The minimum atomic E-state index is -0.446. The Hall–Kier alpha value is -1.75. The predicted octanol–water partition coefficient (Wildman–Crippen LogP) is 2.86. The van der Waals surface area contributed by atoms with Gasteiger partial charge in [-0.2, -0.15) is 0 Å². The summed E-state index contributed by atoms with van der Waals surface area (Å²) in [5.41, 5.74) is 0.562. The van der Waals surface area contributed by atoms with E-state index in [1.54, 1.807) is 12.1 Å². The Morgan fingerprint density at radius 3 is 2.50 bits per heavy atom. The summed E-state index contributed by atoms with van der Waals surface area (Å²) in [7, 11) is 0. The molecule has 0 unspecified atom stereocenters. The number of benzene rings is 1. The molecule has 1 aromatic rings. The predicted molar refractivity (Wildman–Crippen MR) is 69.0 cm³/mol. The highest BCUT2D eigenvalue weighted by Crippen LogP contribution is 2.29. The largest absolute Gasteiger partial charge is 0.476 e. The van der Waals surface area contributed by atoms with Crippen LogP contribution in [0, 0.1) is 10.1 Å². The van der Waals surface area contributed by atoms with E-state index < -0.39 is 4.92 Å². The molecule has 18 heavy (non-hydrogen) atoms. The van der Waals surface area contributed by atoms with E-state index in [2.05, 4.69) is 5.32 Å². The van der Waals surface area contributed by atoms with E-state index in [9.17, 15) is 10.1 Å². The third-order valence-corrected chi connectivity index (χ3v) is 2.95. The maximum atomic E-state index is 10.5. The van der Waals surface area contributed by atoms with Crippen molar-refractivity contribution < 1.29 is 9.66 Å². The summed E-state index contributed by atoms with van der Waals surface area (Å²) >= 11 is 6.19. The molecule has 0 saturated carbocycles. The topological polar surface area (TPSA) is 64.4 Å². The summed E-state index contributed by atoms with van der Waals surface area (Å²) in [5, 5.41) is 14.1. The highest BCUT2D eigenvalue weighted by molar-refractivity contribution is 6.49. The number of nitrogens with one attached hydrogen (secondary N) is 1. The Morgan fingerprint density at radius 2 is 2.06 bits per heavy atom. The van der Waals surface area contributed by atoms with Crippen LogP contribution in [0.3, 0.4) is 0 Å². The summed E-state index contributed by atoms with van der Waals surface area (Å²) < 4.78 is 5.46. The molecule has 0 bridgehead atoms. The zero-order valence-corrected chi connectivity index (χ0v) is 10.8. The van der Waals surface area contributed by atoms with Crippen LogP contribution in [-0.2, 0) is 4.74 Å². The molecular weight excluding hydrogens is 256 g/mol. The molecule has 0 aliphatic carbocycles. The number of hydrogen-bond acceptors (Lipinski definition) is 4. The SMILES string of the molecule is CC1(C)CO/C(=C(\Cl)c2ccc([N+](=O)[O-])cc2)N1. The van der Waals surface area contributed by atoms with Gasteiger partial charge in [0.05, 0.1) is 10.5 Å². The van der Waals surface area contributed by atoms with Crippen LogP contribution in [0.1, 0.15) is 19.4 Å². The van der Waals surface area contributed by atoms with Gasteiger partial charge in [-0.3, -0.25) is 10.1 Å². The number of nitro groups is 1. The van der Waals surface area contributed by atoms with Crippen molar-refractivity contribution in [1.82, 2.24) is 5.32 Å². The number of nitro benzene ring substituents is 1. The zero-order chi connectivity index (χ0) is 13.3. The Labute approximate surface area is 110 Å². The van der Waals surface area contributed by atoms with Crippen molar-refractivity contribution in [3.63, 3.8) is 0 Å². The number of hydrogen-bond donors (Lipinski definition) is 1. The highest BCUT2D eigenvalue weighted by Gasteiger charge is 2.29. The molecule has 1 aliphatic heterocycles. The molecule has 0 atom stereocenters.